The molecule has 0 bridgehead atoms. The molecule has 16 heavy (non-hydrogen) atoms. The van der Waals surface area contributed by atoms with Gasteiger partial charge in [0, 0.05) is 17.2 Å². The number of Topliss-reactive ketones (excluding diaryl/α,β-unsaturated/α-hetero) is 1. The first-order valence-electron chi connectivity index (χ1n) is 4.97. The Labute approximate surface area is 96.4 Å². The number of carbonyl (C=O) groups is 1. The largest absolute Gasteiger partial charge is 0.294 e. The smallest absolute Gasteiger partial charge is 0.175 e. The topological polar surface area (TPSA) is 51.2 Å². The lowest BCUT2D eigenvalue weighted by molar-refractivity contribution is 0.0858. The summed E-state index contributed by atoms with van der Waals surface area (Å²) in [4.78, 5) is 12.1. The van der Waals surface area contributed by atoms with Crippen molar-refractivity contribution in [2.75, 3.05) is 6.26 Å². The lowest BCUT2D eigenvalue weighted by Gasteiger charge is -2.16. The molecular formula is C12H16O3S. The summed E-state index contributed by atoms with van der Waals surface area (Å²) in [7, 11) is -3.26. The highest BCUT2D eigenvalue weighted by atomic mass is 32.2. The first-order chi connectivity index (χ1) is 7.12. The third-order valence-corrected chi connectivity index (χ3v) is 3.32. The fraction of sp³-hybridized carbons (Fsp3) is 0.417. The van der Waals surface area contributed by atoms with E-state index in [1.54, 1.807) is 12.1 Å². The first kappa shape index (κ1) is 12.9. The fourth-order valence-electron chi connectivity index (χ4n) is 1.30. The van der Waals surface area contributed by atoms with Crippen LogP contribution in [0.15, 0.2) is 29.2 Å². The van der Waals surface area contributed by atoms with Gasteiger partial charge in [0.25, 0.3) is 0 Å². The Bertz CT molecular complexity index is 507. The molecule has 1 rings (SSSR count). The minimum absolute atomic E-state index is 0.0574. The number of hydrogen-bond acceptors (Lipinski definition) is 3. The van der Waals surface area contributed by atoms with Crippen LogP contribution >= 0.6 is 0 Å². The summed E-state index contributed by atoms with van der Waals surface area (Å²) >= 11 is 0. The molecule has 0 radical (unpaired) electrons. The van der Waals surface area contributed by atoms with Crippen LogP contribution < -0.4 is 0 Å². The molecule has 0 aliphatic rings. The van der Waals surface area contributed by atoms with Crippen molar-refractivity contribution in [2.45, 2.75) is 25.7 Å². The molecule has 0 saturated heterocycles. The van der Waals surface area contributed by atoms with Crippen LogP contribution in [0.4, 0.5) is 0 Å². The normalized spacial score (nSPS) is 12.5. The Morgan fingerprint density at radius 1 is 1.19 bits per heavy atom. The SMILES string of the molecule is CC(C)(C)C(=O)c1cccc(S(C)(=O)=O)c1. The molecule has 0 amide bonds. The summed E-state index contributed by atoms with van der Waals surface area (Å²) in [6, 6.07) is 6.16. The molecule has 0 aromatic heterocycles. The lowest BCUT2D eigenvalue weighted by Crippen LogP contribution is -2.20. The Morgan fingerprint density at radius 2 is 1.75 bits per heavy atom. The number of rotatable bonds is 2. The van der Waals surface area contributed by atoms with Crippen LogP contribution in [-0.4, -0.2) is 20.5 Å². The fourth-order valence-corrected chi connectivity index (χ4v) is 1.97. The van der Waals surface area contributed by atoms with Gasteiger partial charge in [-0.15, -0.1) is 0 Å². The summed E-state index contributed by atoms with van der Waals surface area (Å²) < 4.78 is 22.7. The maximum Gasteiger partial charge on any atom is 0.175 e. The molecule has 3 nitrogen and oxygen atoms in total. The van der Waals surface area contributed by atoms with Crippen LogP contribution in [0.1, 0.15) is 31.1 Å². The number of ketones is 1. The van der Waals surface area contributed by atoms with Crippen molar-refractivity contribution in [3.8, 4) is 0 Å². The lowest BCUT2D eigenvalue weighted by atomic mass is 9.87. The molecule has 1 aromatic carbocycles. The highest BCUT2D eigenvalue weighted by Gasteiger charge is 2.23. The van der Waals surface area contributed by atoms with E-state index in [0.717, 1.165) is 6.26 Å². The second-order valence-electron chi connectivity index (χ2n) is 4.88. The molecule has 88 valence electrons. The van der Waals surface area contributed by atoms with Crippen LogP contribution in [0.25, 0.3) is 0 Å². The van der Waals surface area contributed by atoms with E-state index in [1.165, 1.54) is 12.1 Å². The van der Waals surface area contributed by atoms with Crippen LogP contribution in [-0.2, 0) is 9.84 Å². The van der Waals surface area contributed by atoms with Gasteiger partial charge in [0.15, 0.2) is 15.6 Å². The van der Waals surface area contributed by atoms with E-state index >= 15 is 0 Å². The van der Waals surface area contributed by atoms with Crippen molar-refractivity contribution in [1.82, 2.24) is 0 Å². The Kier molecular flexibility index (Phi) is 3.24. The summed E-state index contributed by atoms with van der Waals surface area (Å²) in [6.07, 6.45) is 1.13. The van der Waals surface area contributed by atoms with Crippen LogP contribution in [0.3, 0.4) is 0 Å². The average Bonchev–Trinajstić information content (AvgIpc) is 2.14. The van der Waals surface area contributed by atoms with Gasteiger partial charge in [-0.2, -0.15) is 0 Å². The predicted molar refractivity (Wildman–Crippen MR) is 63.3 cm³/mol. The second-order valence-corrected chi connectivity index (χ2v) is 6.89. The summed E-state index contributed by atoms with van der Waals surface area (Å²) in [5.74, 6) is -0.0574. The molecule has 0 saturated carbocycles. The third-order valence-electron chi connectivity index (χ3n) is 2.21. The molecule has 0 unspecified atom stereocenters. The number of benzene rings is 1. The maximum atomic E-state index is 12.0. The zero-order valence-corrected chi connectivity index (χ0v) is 10.8. The van der Waals surface area contributed by atoms with Gasteiger partial charge in [0.05, 0.1) is 4.90 Å². The standard InChI is InChI=1S/C12H16O3S/c1-12(2,3)11(13)9-6-5-7-10(8-9)16(4,14)15/h5-8H,1-4H3. The van der Waals surface area contributed by atoms with Gasteiger partial charge in [-0.1, -0.05) is 32.9 Å². The predicted octanol–water partition coefficient (Wildman–Crippen LogP) is 2.32. The first-order valence-corrected chi connectivity index (χ1v) is 6.86. The van der Waals surface area contributed by atoms with Crippen molar-refractivity contribution in [2.24, 2.45) is 5.41 Å². The number of carbonyl (C=O) groups excluding carboxylic acids is 1. The van der Waals surface area contributed by atoms with Crippen molar-refractivity contribution in [3.05, 3.63) is 29.8 Å². The highest BCUT2D eigenvalue weighted by molar-refractivity contribution is 7.90. The van der Waals surface area contributed by atoms with Gasteiger partial charge < -0.3 is 0 Å². The van der Waals surface area contributed by atoms with E-state index in [4.69, 9.17) is 0 Å². The van der Waals surface area contributed by atoms with Gasteiger partial charge in [-0.05, 0) is 12.1 Å². The van der Waals surface area contributed by atoms with Crippen molar-refractivity contribution in [3.63, 3.8) is 0 Å². The molecule has 0 atom stereocenters. The van der Waals surface area contributed by atoms with Crippen molar-refractivity contribution in [1.29, 1.82) is 0 Å². The van der Waals surface area contributed by atoms with Crippen LogP contribution in [0, 0.1) is 5.41 Å². The van der Waals surface area contributed by atoms with Gasteiger partial charge in [-0.3, -0.25) is 4.79 Å². The maximum absolute atomic E-state index is 12.0. The van der Waals surface area contributed by atoms with Gasteiger partial charge in [0.1, 0.15) is 0 Å². The van der Waals surface area contributed by atoms with Gasteiger partial charge in [0.2, 0.25) is 0 Å². The van der Waals surface area contributed by atoms with Crippen molar-refractivity contribution < 1.29 is 13.2 Å². The summed E-state index contributed by atoms with van der Waals surface area (Å²) in [5, 5.41) is 0. The summed E-state index contributed by atoms with van der Waals surface area (Å²) in [5.41, 5.74) is -0.0636. The number of sulfone groups is 1. The van der Waals surface area contributed by atoms with E-state index in [-0.39, 0.29) is 10.7 Å². The van der Waals surface area contributed by atoms with E-state index in [2.05, 4.69) is 0 Å². The molecule has 0 N–H and O–H groups in total. The number of hydrogen-bond donors (Lipinski definition) is 0. The van der Waals surface area contributed by atoms with Crippen LogP contribution in [0.2, 0.25) is 0 Å². The Balaban J connectivity index is 3.25. The zero-order valence-electron chi connectivity index (χ0n) is 9.94. The molecule has 0 heterocycles. The Morgan fingerprint density at radius 3 is 2.19 bits per heavy atom. The molecule has 0 aliphatic carbocycles. The van der Waals surface area contributed by atoms with E-state index in [9.17, 15) is 13.2 Å². The monoisotopic (exact) mass is 240 g/mol. The molecule has 0 aliphatic heterocycles. The molecule has 0 fully saturated rings. The molecular weight excluding hydrogens is 224 g/mol. The van der Waals surface area contributed by atoms with E-state index in [0.29, 0.717) is 5.56 Å². The molecule has 1 aromatic rings. The minimum Gasteiger partial charge on any atom is -0.294 e. The van der Waals surface area contributed by atoms with E-state index in [1.807, 2.05) is 20.8 Å². The van der Waals surface area contributed by atoms with Crippen molar-refractivity contribution >= 4 is 15.6 Å². The minimum atomic E-state index is -3.26. The van der Waals surface area contributed by atoms with Gasteiger partial charge >= 0.3 is 0 Å². The molecule has 0 spiro atoms. The second kappa shape index (κ2) is 4.01. The Hall–Kier alpha value is -1.16. The van der Waals surface area contributed by atoms with E-state index < -0.39 is 15.3 Å². The molecule has 4 heteroatoms. The summed E-state index contributed by atoms with van der Waals surface area (Å²) in [6.45, 7) is 5.42. The third kappa shape index (κ3) is 2.92. The highest BCUT2D eigenvalue weighted by Crippen LogP contribution is 2.22. The zero-order chi connectivity index (χ0) is 12.6. The quantitative estimate of drug-likeness (QED) is 0.745. The van der Waals surface area contributed by atoms with Crippen LogP contribution in [0.5, 0.6) is 0 Å². The van der Waals surface area contributed by atoms with Gasteiger partial charge in [-0.25, -0.2) is 8.42 Å². The average molecular weight is 240 g/mol.